The van der Waals surface area contributed by atoms with E-state index < -0.39 is 17.7 Å². The second kappa shape index (κ2) is 8.36. The minimum absolute atomic E-state index is 0.00630. The van der Waals surface area contributed by atoms with Crippen LogP contribution in [0.5, 0.6) is 0 Å². The molecular weight excluding hydrogens is 302 g/mol. The van der Waals surface area contributed by atoms with Crippen molar-refractivity contribution in [2.45, 2.75) is 38.8 Å². The molecule has 2 atom stereocenters. The molecule has 0 bridgehead atoms. The highest BCUT2D eigenvalue weighted by atomic mass is 19.2. The molecule has 0 saturated carbocycles. The largest absolute Gasteiger partial charge is 0.363 e. The van der Waals surface area contributed by atoms with Gasteiger partial charge in [-0.25, -0.2) is 8.78 Å². The molecule has 0 radical (unpaired) electrons. The standard InChI is InChI=1S/C17H24F2N2O2/c1-11(2)21-15(22)10-23-17(12-5-4-8-20-9-12)13-6-3-7-14(18)16(13)19/h3,6-7,11-12,17,20H,4-5,8-10H2,1-2H3,(H,21,22)/t12-,17?/m1/s1. The summed E-state index contributed by atoms with van der Waals surface area (Å²) < 4.78 is 33.4. The molecule has 1 aliphatic heterocycles. The van der Waals surface area contributed by atoms with Crippen molar-refractivity contribution in [2.24, 2.45) is 5.92 Å². The molecule has 1 amide bonds. The fourth-order valence-corrected chi connectivity index (χ4v) is 2.89. The molecule has 2 rings (SSSR count). The Morgan fingerprint density at radius 2 is 2.22 bits per heavy atom. The normalized spacial score (nSPS) is 19.6. The van der Waals surface area contributed by atoms with E-state index in [1.54, 1.807) is 0 Å². The molecule has 1 aromatic rings. The molecule has 1 aliphatic rings. The Hall–Kier alpha value is -1.53. The van der Waals surface area contributed by atoms with Gasteiger partial charge in [0.15, 0.2) is 11.6 Å². The van der Waals surface area contributed by atoms with E-state index in [0.717, 1.165) is 25.5 Å². The number of carbonyl (C=O) groups excluding carboxylic acids is 1. The molecule has 0 aliphatic carbocycles. The summed E-state index contributed by atoms with van der Waals surface area (Å²) in [6.45, 7) is 5.10. The third kappa shape index (κ3) is 4.97. The third-order valence-corrected chi connectivity index (χ3v) is 3.89. The molecule has 6 heteroatoms. The molecule has 2 N–H and O–H groups in total. The van der Waals surface area contributed by atoms with Crippen LogP contribution < -0.4 is 10.6 Å². The van der Waals surface area contributed by atoms with Crippen molar-refractivity contribution in [3.05, 3.63) is 35.4 Å². The van der Waals surface area contributed by atoms with Crippen LogP contribution in [0.2, 0.25) is 0 Å². The van der Waals surface area contributed by atoms with Crippen LogP contribution in [0.15, 0.2) is 18.2 Å². The van der Waals surface area contributed by atoms with Gasteiger partial charge in [0.2, 0.25) is 5.91 Å². The van der Waals surface area contributed by atoms with Crippen molar-refractivity contribution in [3.63, 3.8) is 0 Å². The number of rotatable bonds is 6. The lowest BCUT2D eigenvalue weighted by Gasteiger charge is -2.31. The van der Waals surface area contributed by atoms with Crippen molar-refractivity contribution in [2.75, 3.05) is 19.7 Å². The summed E-state index contributed by atoms with van der Waals surface area (Å²) in [4.78, 5) is 11.8. The van der Waals surface area contributed by atoms with Gasteiger partial charge in [-0.1, -0.05) is 12.1 Å². The number of piperidine rings is 1. The minimum atomic E-state index is -0.897. The maximum atomic E-state index is 14.2. The number of hydrogen-bond acceptors (Lipinski definition) is 3. The van der Waals surface area contributed by atoms with Crippen LogP contribution in [0.25, 0.3) is 0 Å². The van der Waals surface area contributed by atoms with Crippen molar-refractivity contribution >= 4 is 5.91 Å². The first-order chi connectivity index (χ1) is 11.0. The Morgan fingerprint density at radius 1 is 1.43 bits per heavy atom. The van der Waals surface area contributed by atoms with Gasteiger partial charge in [0.25, 0.3) is 0 Å². The van der Waals surface area contributed by atoms with E-state index in [4.69, 9.17) is 4.74 Å². The number of ether oxygens (including phenoxy) is 1. The van der Waals surface area contributed by atoms with Gasteiger partial charge in [-0.3, -0.25) is 4.79 Å². The van der Waals surface area contributed by atoms with E-state index in [9.17, 15) is 13.6 Å². The number of carbonyl (C=O) groups is 1. The highest BCUT2D eigenvalue weighted by Crippen LogP contribution is 2.32. The summed E-state index contributed by atoms with van der Waals surface area (Å²) in [6.07, 6.45) is 1.15. The van der Waals surface area contributed by atoms with E-state index in [0.29, 0.717) is 6.54 Å². The van der Waals surface area contributed by atoms with Gasteiger partial charge in [-0.2, -0.15) is 0 Å². The molecule has 1 heterocycles. The highest BCUT2D eigenvalue weighted by molar-refractivity contribution is 5.77. The molecule has 1 aromatic carbocycles. The number of hydrogen-bond donors (Lipinski definition) is 2. The van der Waals surface area contributed by atoms with Crippen molar-refractivity contribution in [1.82, 2.24) is 10.6 Å². The summed E-state index contributed by atoms with van der Waals surface area (Å²) in [6, 6.07) is 4.08. The summed E-state index contributed by atoms with van der Waals surface area (Å²) in [5.74, 6) is -2.05. The number of benzene rings is 1. The molecule has 0 spiro atoms. The average molecular weight is 326 g/mol. The summed E-state index contributed by atoms with van der Waals surface area (Å²) in [7, 11) is 0. The van der Waals surface area contributed by atoms with Crippen LogP contribution in [-0.2, 0) is 9.53 Å². The quantitative estimate of drug-likeness (QED) is 0.845. The molecule has 23 heavy (non-hydrogen) atoms. The smallest absolute Gasteiger partial charge is 0.246 e. The van der Waals surface area contributed by atoms with Crippen molar-refractivity contribution < 1.29 is 18.3 Å². The van der Waals surface area contributed by atoms with Gasteiger partial charge in [0, 0.05) is 24.1 Å². The zero-order valence-electron chi connectivity index (χ0n) is 13.6. The number of halogens is 2. The van der Waals surface area contributed by atoms with Crippen LogP contribution in [0.4, 0.5) is 8.78 Å². The minimum Gasteiger partial charge on any atom is -0.363 e. The topological polar surface area (TPSA) is 50.4 Å². The van der Waals surface area contributed by atoms with Gasteiger partial charge < -0.3 is 15.4 Å². The lowest BCUT2D eigenvalue weighted by molar-refractivity contribution is -0.130. The zero-order valence-corrected chi connectivity index (χ0v) is 13.6. The Morgan fingerprint density at radius 3 is 2.87 bits per heavy atom. The lowest BCUT2D eigenvalue weighted by Crippen LogP contribution is -2.37. The predicted molar refractivity (Wildman–Crippen MR) is 83.9 cm³/mol. The Balaban J connectivity index is 2.14. The summed E-state index contributed by atoms with van der Waals surface area (Å²) in [5, 5.41) is 5.97. The molecule has 1 saturated heterocycles. The lowest BCUT2D eigenvalue weighted by atomic mass is 9.89. The molecule has 4 nitrogen and oxygen atoms in total. The monoisotopic (exact) mass is 326 g/mol. The average Bonchev–Trinajstić information content (AvgIpc) is 2.52. The Bertz CT molecular complexity index is 531. The first-order valence-electron chi connectivity index (χ1n) is 8.04. The van der Waals surface area contributed by atoms with Gasteiger partial charge in [-0.15, -0.1) is 0 Å². The fraction of sp³-hybridized carbons (Fsp3) is 0.588. The second-order valence-electron chi connectivity index (χ2n) is 6.20. The Labute approximate surface area is 135 Å². The highest BCUT2D eigenvalue weighted by Gasteiger charge is 2.29. The summed E-state index contributed by atoms with van der Waals surface area (Å²) >= 11 is 0. The molecule has 0 aromatic heterocycles. The molecular formula is C17H24F2N2O2. The Kier molecular flexibility index (Phi) is 6.47. The van der Waals surface area contributed by atoms with E-state index in [-0.39, 0.29) is 30.0 Å². The van der Waals surface area contributed by atoms with Crippen LogP contribution in [-0.4, -0.2) is 31.6 Å². The third-order valence-electron chi connectivity index (χ3n) is 3.89. The van der Waals surface area contributed by atoms with Gasteiger partial charge in [0.1, 0.15) is 6.61 Å². The van der Waals surface area contributed by atoms with Gasteiger partial charge in [-0.05, 0) is 39.3 Å². The second-order valence-corrected chi connectivity index (χ2v) is 6.20. The van der Waals surface area contributed by atoms with Crippen LogP contribution >= 0.6 is 0 Å². The van der Waals surface area contributed by atoms with Crippen LogP contribution in [0, 0.1) is 17.6 Å². The SMILES string of the molecule is CC(C)NC(=O)COC(c1cccc(F)c1F)[C@@H]1CCCNC1. The van der Waals surface area contributed by atoms with Gasteiger partial charge in [0.05, 0.1) is 6.10 Å². The first kappa shape index (κ1) is 17.8. The summed E-state index contributed by atoms with van der Waals surface area (Å²) in [5.41, 5.74) is 0.177. The number of nitrogens with one attached hydrogen (secondary N) is 2. The van der Waals surface area contributed by atoms with E-state index in [1.165, 1.54) is 12.1 Å². The molecule has 1 fully saturated rings. The van der Waals surface area contributed by atoms with E-state index >= 15 is 0 Å². The van der Waals surface area contributed by atoms with Crippen LogP contribution in [0.3, 0.4) is 0 Å². The van der Waals surface area contributed by atoms with Crippen molar-refractivity contribution in [1.29, 1.82) is 0 Å². The zero-order chi connectivity index (χ0) is 16.8. The van der Waals surface area contributed by atoms with Crippen molar-refractivity contribution in [3.8, 4) is 0 Å². The van der Waals surface area contributed by atoms with E-state index in [1.807, 2.05) is 13.8 Å². The van der Waals surface area contributed by atoms with Crippen LogP contribution in [0.1, 0.15) is 38.4 Å². The van der Waals surface area contributed by atoms with E-state index in [2.05, 4.69) is 10.6 Å². The fourth-order valence-electron chi connectivity index (χ4n) is 2.89. The predicted octanol–water partition coefficient (Wildman–Crippen LogP) is 2.55. The first-order valence-corrected chi connectivity index (χ1v) is 8.04. The molecule has 1 unspecified atom stereocenters. The maximum absolute atomic E-state index is 14.2. The van der Waals surface area contributed by atoms with Gasteiger partial charge >= 0.3 is 0 Å². The number of amides is 1. The molecule has 128 valence electrons. The maximum Gasteiger partial charge on any atom is 0.246 e.